The molecule has 0 atom stereocenters. The van der Waals surface area contributed by atoms with Crippen LogP contribution in [0.4, 0.5) is 10.5 Å². The molecule has 5 heteroatoms. The quantitative estimate of drug-likeness (QED) is 0.857. The largest absolute Gasteiger partial charge is 0.462 e. The number of esters is 1. The maximum absolute atomic E-state index is 11.7. The van der Waals surface area contributed by atoms with E-state index < -0.39 is 6.09 Å². The van der Waals surface area contributed by atoms with Crippen molar-refractivity contribution in [3.05, 3.63) is 65.7 Å². The summed E-state index contributed by atoms with van der Waals surface area (Å²) in [5.41, 5.74) is 1.89. The molecule has 22 heavy (non-hydrogen) atoms. The summed E-state index contributed by atoms with van der Waals surface area (Å²) < 4.78 is 9.99. The minimum absolute atomic E-state index is 0.202. The zero-order chi connectivity index (χ0) is 15.8. The molecule has 2 rings (SSSR count). The third kappa shape index (κ3) is 4.63. The second-order valence-corrected chi connectivity index (χ2v) is 4.48. The van der Waals surface area contributed by atoms with E-state index in [2.05, 4.69) is 5.32 Å². The van der Waals surface area contributed by atoms with E-state index in [9.17, 15) is 9.59 Å². The molecule has 0 spiro atoms. The van der Waals surface area contributed by atoms with Crippen molar-refractivity contribution in [1.82, 2.24) is 0 Å². The van der Waals surface area contributed by atoms with Gasteiger partial charge in [-0.1, -0.05) is 30.3 Å². The number of hydrogen-bond donors (Lipinski definition) is 1. The molecule has 0 aromatic heterocycles. The Morgan fingerprint density at radius 1 is 0.955 bits per heavy atom. The molecule has 0 aliphatic heterocycles. The van der Waals surface area contributed by atoms with Gasteiger partial charge < -0.3 is 9.47 Å². The van der Waals surface area contributed by atoms with Crippen LogP contribution in [0.25, 0.3) is 0 Å². The normalized spacial score (nSPS) is 9.86. The molecular formula is C17H17NO4. The second-order valence-electron chi connectivity index (χ2n) is 4.48. The fraction of sp³-hybridized carbons (Fsp3) is 0.176. The van der Waals surface area contributed by atoms with Crippen molar-refractivity contribution in [1.29, 1.82) is 0 Å². The SMILES string of the molecule is CCOC(=O)c1ccc(NC(=O)OCc2ccccc2)cc1. The van der Waals surface area contributed by atoms with Gasteiger partial charge in [-0.3, -0.25) is 5.32 Å². The average molecular weight is 299 g/mol. The Morgan fingerprint density at radius 3 is 2.27 bits per heavy atom. The maximum Gasteiger partial charge on any atom is 0.411 e. The van der Waals surface area contributed by atoms with Gasteiger partial charge in [0.1, 0.15) is 6.61 Å². The van der Waals surface area contributed by atoms with Crippen LogP contribution in [0.1, 0.15) is 22.8 Å². The summed E-state index contributed by atoms with van der Waals surface area (Å²) in [6.07, 6.45) is -0.548. The van der Waals surface area contributed by atoms with E-state index in [4.69, 9.17) is 9.47 Å². The van der Waals surface area contributed by atoms with Gasteiger partial charge in [0.05, 0.1) is 12.2 Å². The van der Waals surface area contributed by atoms with Crippen LogP contribution in [-0.2, 0) is 16.1 Å². The van der Waals surface area contributed by atoms with Crippen molar-refractivity contribution in [2.24, 2.45) is 0 Å². The van der Waals surface area contributed by atoms with Crippen LogP contribution in [-0.4, -0.2) is 18.7 Å². The first-order valence-corrected chi connectivity index (χ1v) is 6.94. The molecule has 2 aromatic rings. The molecule has 0 saturated heterocycles. The van der Waals surface area contributed by atoms with Gasteiger partial charge in [-0.25, -0.2) is 9.59 Å². The number of rotatable bonds is 5. The summed E-state index contributed by atoms with van der Waals surface area (Å²) in [5.74, 6) is -0.388. The predicted octanol–water partition coefficient (Wildman–Crippen LogP) is 3.61. The zero-order valence-electron chi connectivity index (χ0n) is 12.2. The Hall–Kier alpha value is -2.82. The monoisotopic (exact) mass is 299 g/mol. The molecule has 0 unspecified atom stereocenters. The third-order valence-corrected chi connectivity index (χ3v) is 2.86. The summed E-state index contributed by atoms with van der Waals surface area (Å²) in [6.45, 7) is 2.27. The minimum atomic E-state index is -0.548. The molecule has 0 aliphatic carbocycles. The molecule has 1 N–H and O–H groups in total. The van der Waals surface area contributed by atoms with Crippen molar-refractivity contribution in [3.63, 3.8) is 0 Å². The Morgan fingerprint density at radius 2 is 1.64 bits per heavy atom. The number of nitrogens with one attached hydrogen (secondary N) is 1. The Balaban J connectivity index is 1.85. The van der Waals surface area contributed by atoms with Gasteiger partial charge in [0.25, 0.3) is 0 Å². The van der Waals surface area contributed by atoms with E-state index in [-0.39, 0.29) is 12.6 Å². The van der Waals surface area contributed by atoms with Gasteiger partial charge in [0, 0.05) is 5.69 Å². The fourth-order valence-electron chi connectivity index (χ4n) is 1.78. The Kier molecular flexibility index (Phi) is 5.54. The first kappa shape index (κ1) is 15.6. The van der Waals surface area contributed by atoms with E-state index in [1.54, 1.807) is 31.2 Å². The average Bonchev–Trinajstić information content (AvgIpc) is 2.55. The van der Waals surface area contributed by atoms with Crippen LogP contribution in [0, 0.1) is 0 Å². The van der Waals surface area contributed by atoms with Crippen molar-refractivity contribution >= 4 is 17.7 Å². The van der Waals surface area contributed by atoms with Gasteiger partial charge in [-0.2, -0.15) is 0 Å². The molecule has 0 radical (unpaired) electrons. The molecule has 114 valence electrons. The fourth-order valence-corrected chi connectivity index (χ4v) is 1.78. The predicted molar refractivity (Wildman–Crippen MR) is 82.6 cm³/mol. The van der Waals surface area contributed by atoms with E-state index in [1.165, 1.54) is 0 Å². The van der Waals surface area contributed by atoms with E-state index in [0.29, 0.717) is 17.9 Å². The third-order valence-electron chi connectivity index (χ3n) is 2.86. The highest BCUT2D eigenvalue weighted by Gasteiger charge is 2.07. The highest BCUT2D eigenvalue weighted by Crippen LogP contribution is 2.11. The van der Waals surface area contributed by atoms with Crippen LogP contribution < -0.4 is 5.32 Å². The number of carbonyl (C=O) groups is 2. The van der Waals surface area contributed by atoms with Gasteiger partial charge in [-0.15, -0.1) is 0 Å². The summed E-state index contributed by atoms with van der Waals surface area (Å²) in [6, 6.07) is 15.8. The molecule has 2 aromatic carbocycles. The van der Waals surface area contributed by atoms with Gasteiger partial charge in [-0.05, 0) is 36.8 Å². The number of amides is 1. The minimum Gasteiger partial charge on any atom is -0.462 e. The molecular weight excluding hydrogens is 282 g/mol. The molecule has 0 heterocycles. The maximum atomic E-state index is 11.7. The van der Waals surface area contributed by atoms with Gasteiger partial charge >= 0.3 is 12.1 Å². The summed E-state index contributed by atoms with van der Waals surface area (Å²) >= 11 is 0. The molecule has 0 bridgehead atoms. The lowest BCUT2D eigenvalue weighted by Crippen LogP contribution is -2.13. The van der Waals surface area contributed by atoms with Crippen LogP contribution in [0.3, 0.4) is 0 Å². The van der Waals surface area contributed by atoms with Crippen LogP contribution in [0.5, 0.6) is 0 Å². The second kappa shape index (κ2) is 7.83. The number of hydrogen-bond acceptors (Lipinski definition) is 4. The highest BCUT2D eigenvalue weighted by molar-refractivity contribution is 5.91. The Bertz CT molecular complexity index is 623. The summed E-state index contributed by atoms with van der Waals surface area (Å²) in [5, 5.41) is 2.60. The zero-order valence-corrected chi connectivity index (χ0v) is 12.2. The lowest BCUT2D eigenvalue weighted by molar-refractivity contribution is 0.0526. The van der Waals surface area contributed by atoms with E-state index in [1.807, 2.05) is 30.3 Å². The number of carbonyl (C=O) groups excluding carboxylic acids is 2. The van der Waals surface area contributed by atoms with Crippen LogP contribution in [0.2, 0.25) is 0 Å². The summed E-state index contributed by atoms with van der Waals surface area (Å²) in [7, 11) is 0. The van der Waals surface area contributed by atoms with Crippen LogP contribution >= 0.6 is 0 Å². The van der Waals surface area contributed by atoms with Gasteiger partial charge in [0.15, 0.2) is 0 Å². The van der Waals surface area contributed by atoms with E-state index in [0.717, 1.165) is 5.56 Å². The molecule has 0 aliphatic rings. The van der Waals surface area contributed by atoms with Crippen LogP contribution in [0.15, 0.2) is 54.6 Å². The van der Waals surface area contributed by atoms with E-state index >= 15 is 0 Å². The number of ether oxygens (including phenoxy) is 2. The number of anilines is 1. The van der Waals surface area contributed by atoms with Crippen molar-refractivity contribution in [2.75, 3.05) is 11.9 Å². The van der Waals surface area contributed by atoms with Crippen molar-refractivity contribution < 1.29 is 19.1 Å². The number of benzene rings is 2. The van der Waals surface area contributed by atoms with Crippen molar-refractivity contribution in [3.8, 4) is 0 Å². The summed E-state index contributed by atoms with van der Waals surface area (Å²) in [4.78, 5) is 23.2. The molecule has 0 fully saturated rings. The van der Waals surface area contributed by atoms with Crippen molar-refractivity contribution in [2.45, 2.75) is 13.5 Å². The molecule has 0 saturated carbocycles. The Labute approximate surface area is 128 Å². The molecule has 5 nitrogen and oxygen atoms in total. The lowest BCUT2D eigenvalue weighted by Gasteiger charge is -2.08. The first-order valence-electron chi connectivity index (χ1n) is 6.94. The smallest absolute Gasteiger partial charge is 0.411 e. The topological polar surface area (TPSA) is 64.6 Å². The lowest BCUT2D eigenvalue weighted by atomic mass is 10.2. The molecule has 1 amide bonds. The van der Waals surface area contributed by atoms with Gasteiger partial charge in [0.2, 0.25) is 0 Å². The standard InChI is InChI=1S/C17H17NO4/c1-2-21-16(19)14-8-10-15(11-9-14)18-17(20)22-12-13-6-4-3-5-7-13/h3-11H,2,12H2,1H3,(H,18,20). The highest BCUT2D eigenvalue weighted by atomic mass is 16.5. The first-order chi connectivity index (χ1) is 10.7.